The molecule has 2 aromatic heterocycles. The number of furan rings is 1. The second-order valence-corrected chi connectivity index (χ2v) is 6.84. The van der Waals surface area contributed by atoms with E-state index in [2.05, 4.69) is 15.7 Å². The van der Waals surface area contributed by atoms with Gasteiger partial charge in [-0.25, -0.2) is 4.68 Å². The van der Waals surface area contributed by atoms with Gasteiger partial charge in [-0.3, -0.25) is 9.59 Å². The minimum absolute atomic E-state index is 0.0558. The normalized spacial score (nSPS) is 12.0. The van der Waals surface area contributed by atoms with Crippen LogP contribution in [0.1, 0.15) is 30.0 Å². The Morgan fingerprint density at radius 1 is 1.14 bits per heavy atom. The van der Waals surface area contributed by atoms with Crippen LogP contribution in [-0.4, -0.2) is 34.2 Å². The van der Waals surface area contributed by atoms with Gasteiger partial charge in [-0.05, 0) is 42.2 Å². The highest BCUT2D eigenvalue weighted by atomic mass is 16.3. The third kappa shape index (κ3) is 4.88. The Morgan fingerprint density at radius 2 is 1.93 bits per heavy atom. The second kappa shape index (κ2) is 9.03. The molecular formula is C21H24N4O3. The molecule has 3 aromatic rings. The summed E-state index contributed by atoms with van der Waals surface area (Å²) in [6.07, 6.45) is 5.81. The molecule has 7 heteroatoms. The van der Waals surface area contributed by atoms with E-state index >= 15 is 0 Å². The van der Waals surface area contributed by atoms with Crippen molar-refractivity contribution in [3.05, 3.63) is 72.4 Å². The molecule has 7 nitrogen and oxygen atoms in total. The average Bonchev–Trinajstić information content (AvgIpc) is 3.38. The summed E-state index contributed by atoms with van der Waals surface area (Å²) in [4.78, 5) is 24.7. The minimum atomic E-state index is -0.635. The molecule has 3 rings (SSSR count). The van der Waals surface area contributed by atoms with Gasteiger partial charge in [-0.15, -0.1) is 0 Å². The summed E-state index contributed by atoms with van der Waals surface area (Å²) >= 11 is 0. The van der Waals surface area contributed by atoms with Crippen molar-refractivity contribution in [2.24, 2.45) is 5.92 Å². The van der Waals surface area contributed by atoms with Gasteiger partial charge in [0, 0.05) is 12.7 Å². The Hall–Kier alpha value is -3.35. The van der Waals surface area contributed by atoms with Crippen molar-refractivity contribution in [1.29, 1.82) is 0 Å². The third-order valence-corrected chi connectivity index (χ3v) is 4.35. The standard InChI is InChI=1S/C21H24N4O3/c1-15(2)19(24-20(26)18-9-6-12-28-18)21(27)22-11-10-16-13-23-25(14-16)17-7-4-3-5-8-17/h3-9,12-15,19H,10-11H2,1-2H3,(H,22,27)(H,24,26). The van der Waals surface area contributed by atoms with Gasteiger partial charge in [0.1, 0.15) is 6.04 Å². The van der Waals surface area contributed by atoms with E-state index in [0.29, 0.717) is 13.0 Å². The van der Waals surface area contributed by atoms with Crippen LogP contribution in [0.5, 0.6) is 0 Å². The first-order valence-electron chi connectivity index (χ1n) is 9.25. The SMILES string of the molecule is CC(C)C(NC(=O)c1ccco1)C(=O)NCCc1cnn(-c2ccccc2)c1. The molecule has 0 aliphatic heterocycles. The smallest absolute Gasteiger partial charge is 0.287 e. The fraction of sp³-hybridized carbons (Fsp3) is 0.286. The van der Waals surface area contributed by atoms with E-state index in [-0.39, 0.29) is 17.6 Å². The highest BCUT2D eigenvalue weighted by Crippen LogP contribution is 2.09. The third-order valence-electron chi connectivity index (χ3n) is 4.35. The van der Waals surface area contributed by atoms with Gasteiger partial charge in [0.05, 0.1) is 18.1 Å². The first-order chi connectivity index (χ1) is 13.5. The van der Waals surface area contributed by atoms with Crippen LogP contribution in [0.2, 0.25) is 0 Å². The van der Waals surface area contributed by atoms with Crippen molar-refractivity contribution in [1.82, 2.24) is 20.4 Å². The van der Waals surface area contributed by atoms with Crippen molar-refractivity contribution in [3.8, 4) is 5.69 Å². The molecule has 0 fully saturated rings. The Kier molecular flexibility index (Phi) is 6.26. The monoisotopic (exact) mass is 380 g/mol. The number of amides is 2. The van der Waals surface area contributed by atoms with E-state index in [1.807, 2.05) is 50.4 Å². The largest absolute Gasteiger partial charge is 0.459 e. The summed E-state index contributed by atoms with van der Waals surface area (Å²) < 4.78 is 6.88. The zero-order chi connectivity index (χ0) is 19.9. The maximum Gasteiger partial charge on any atom is 0.287 e. The predicted octanol–water partition coefficient (Wildman–Crippen LogP) is 2.58. The van der Waals surface area contributed by atoms with Gasteiger partial charge < -0.3 is 15.1 Å². The highest BCUT2D eigenvalue weighted by Gasteiger charge is 2.25. The van der Waals surface area contributed by atoms with E-state index in [1.54, 1.807) is 23.0 Å². The Labute approximate surface area is 163 Å². The van der Waals surface area contributed by atoms with Gasteiger partial charge in [-0.2, -0.15) is 5.10 Å². The predicted molar refractivity (Wildman–Crippen MR) is 105 cm³/mol. The summed E-state index contributed by atoms with van der Waals surface area (Å²) in [5.41, 5.74) is 2.00. The van der Waals surface area contributed by atoms with Gasteiger partial charge in [0.15, 0.2) is 5.76 Å². The fourth-order valence-electron chi connectivity index (χ4n) is 2.81. The Balaban J connectivity index is 1.52. The lowest BCUT2D eigenvalue weighted by molar-refractivity contribution is -0.123. The number of nitrogens with zero attached hydrogens (tertiary/aromatic N) is 2. The first-order valence-corrected chi connectivity index (χ1v) is 9.25. The first kappa shape index (κ1) is 19.4. The van der Waals surface area contributed by atoms with Crippen molar-refractivity contribution in [2.75, 3.05) is 6.54 Å². The van der Waals surface area contributed by atoms with E-state index in [4.69, 9.17) is 4.42 Å². The maximum absolute atomic E-state index is 12.5. The van der Waals surface area contributed by atoms with Gasteiger partial charge >= 0.3 is 0 Å². The van der Waals surface area contributed by atoms with Crippen LogP contribution in [0.3, 0.4) is 0 Å². The van der Waals surface area contributed by atoms with Crippen molar-refractivity contribution >= 4 is 11.8 Å². The lowest BCUT2D eigenvalue weighted by Crippen LogP contribution is -2.50. The van der Waals surface area contributed by atoms with E-state index in [0.717, 1.165) is 11.3 Å². The molecule has 0 radical (unpaired) electrons. The fourth-order valence-corrected chi connectivity index (χ4v) is 2.81. The van der Waals surface area contributed by atoms with Crippen LogP contribution in [0, 0.1) is 5.92 Å². The number of para-hydroxylation sites is 1. The lowest BCUT2D eigenvalue weighted by Gasteiger charge is -2.21. The minimum Gasteiger partial charge on any atom is -0.459 e. The zero-order valence-corrected chi connectivity index (χ0v) is 16.0. The lowest BCUT2D eigenvalue weighted by atomic mass is 10.0. The van der Waals surface area contributed by atoms with Crippen LogP contribution in [0.15, 0.2) is 65.5 Å². The molecule has 0 spiro atoms. The molecule has 2 N–H and O–H groups in total. The quantitative estimate of drug-likeness (QED) is 0.629. The summed E-state index contributed by atoms with van der Waals surface area (Å²) in [7, 11) is 0. The summed E-state index contributed by atoms with van der Waals surface area (Å²) in [5.74, 6) is -0.486. The van der Waals surface area contributed by atoms with E-state index in [1.165, 1.54) is 6.26 Å². The number of carbonyl (C=O) groups is 2. The molecule has 0 saturated carbocycles. The number of aromatic nitrogens is 2. The average molecular weight is 380 g/mol. The summed E-state index contributed by atoms with van der Waals surface area (Å²) in [6.45, 7) is 4.23. The van der Waals surface area contributed by atoms with E-state index < -0.39 is 11.9 Å². The topological polar surface area (TPSA) is 89.2 Å². The van der Waals surface area contributed by atoms with E-state index in [9.17, 15) is 9.59 Å². The Morgan fingerprint density at radius 3 is 2.61 bits per heavy atom. The molecule has 1 atom stereocenters. The van der Waals surface area contributed by atoms with Crippen LogP contribution in [0.25, 0.3) is 5.69 Å². The van der Waals surface area contributed by atoms with Crippen molar-refractivity contribution in [2.45, 2.75) is 26.3 Å². The molecule has 28 heavy (non-hydrogen) atoms. The molecule has 0 aliphatic rings. The number of benzene rings is 1. The molecule has 2 heterocycles. The maximum atomic E-state index is 12.5. The van der Waals surface area contributed by atoms with Crippen LogP contribution in [0.4, 0.5) is 0 Å². The summed E-state index contributed by atoms with van der Waals surface area (Å²) in [5, 5.41) is 9.97. The van der Waals surface area contributed by atoms with Crippen LogP contribution in [-0.2, 0) is 11.2 Å². The summed E-state index contributed by atoms with van der Waals surface area (Å²) in [6, 6.07) is 12.4. The molecule has 2 amide bonds. The highest BCUT2D eigenvalue weighted by molar-refractivity contribution is 5.95. The molecule has 1 unspecified atom stereocenters. The number of hydrogen-bond acceptors (Lipinski definition) is 4. The van der Waals surface area contributed by atoms with Gasteiger partial charge in [-0.1, -0.05) is 32.0 Å². The number of rotatable bonds is 8. The molecule has 0 aliphatic carbocycles. The van der Waals surface area contributed by atoms with Crippen molar-refractivity contribution in [3.63, 3.8) is 0 Å². The molecule has 1 aromatic carbocycles. The van der Waals surface area contributed by atoms with Crippen LogP contribution >= 0.6 is 0 Å². The molecule has 146 valence electrons. The molecule has 0 saturated heterocycles. The molecule has 0 bridgehead atoms. The van der Waals surface area contributed by atoms with Gasteiger partial charge in [0.2, 0.25) is 5.91 Å². The second-order valence-electron chi connectivity index (χ2n) is 6.84. The molecular weight excluding hydrogens is 356 g/mol. The van der Waals surface area contributed by atoms with Crippen molar-refractivity contribution < 1.29 is 14.0 Å². The Bertz CT molecular complexity index is 901. The van der Waals surface area contributed by atoms with Crippen LogP contribution < -0.4 is 10.6 Å². The zero-order valence-electron chi connectivity index (χ0n) is 16.0. The number of nitrogens with one attached hydrogen (secondary N) is 2. The number of carbonyl (C=O) groups excluding carboxylic acids is 2. The number of hydrogen-bond donors (Lipinski definition) is 2. The van der Waals surface area contributed by atoms with Gasteiger partial charge in [0.25, 0.3) is 5.91 Å².